The minimum Gasteiger partial charge on any atom is -0.368 e. The predicted molar refractivity (Wildman–Crippen MR) is 82.3 cm³/mol. The highest BCUT2D eigenvalue weighted by atomic mass is 32.2. The highest BCUT2D eigenvalue weighted by Crippen LogP contribution is 2.21. The van der Waals surface area contributed by atoms with Gasteiger partial charge in [0.25, 0.3) is 5.24 Å². The van der Waals surface area contributed by atoms with Gasteiger partial charge in [0.1, 0.15) is 12.1 Å². The van der Waals surface area contributed by atoms with Crippen LogP contribution in [0.1, 0.15) is 5.56 Å². The quantitative estimate of drug-likeness (QED) is 0.931. The van der Waals surface area contributed by atoms with Gasteiger partial charge < -0.3 is 5.32 Å². The van der Waals surface area contributed by atoms with Gasteiger partial charge in [-0.15, -0.1) is 0 Å². The number of anilines is 1. The number of aryl methyl sites for hydroxylation is 1. The van der Waals surface area contributed by atoms with Crippen LogP contribution in [0.3, 0.4) is 0 Å². The lowest BCUT2D eigenvalue weighted by atomic mass is 10.1. The van der Waals surface area contributed by atoms with Crippen molar-refractivity contribution in [2.24, 2.45) is 0 Å². The summed E-state index contributed by atoms with van der Waals surface area (Å²) in [6.07, 6.45) is 1.50. The van der Waals surface area contributed by atoms with Crippen molar-refractivity contribution in [2.75, 3.05) is 24.2 Å². The third kappa shape index (κ3) is 2.82. The molecule has 21 heavy (non-hydrogen) atoms. The molecule has 0 spiro atoms. The van der Waals surface area contributed by atoms with Crippen LogP contribution in [0.15, 0.2) is 24.5 Å². The lowest BCUT2D eigenvalue weighted by Crippen LogP contribution is -2.33. The van der Waals surface area contributed by atoms with Crippen molar-refractivity contribution in [3.05, 3.63) is 30.1 Å². The summed E-state index contributed by atoms with van der Waals surface area (Å²) in [5.41, 5.74) is 1.99. The van der Waals surface area contributed by atoms with Crippen LogP contribution in [-0.4, -0.2) is 44.9 Å². The Bertz CT molecular complexity index is 703. The second-order valence-electron chi connectivity index (χ2n) is 4.77. The molecule has 2 heterocycles. The first kappa shape index (κ1) is 13.8. The SMILES string of the molecule is Cc1ccc2ncnc(NCCN3C(=O)CSC3=O)c2c1. The first-order chi connectivity index (χ1) is 10.1. The molecular formula is C14H14N4O2S. The number of nitrogens with zero attached hydrogens (tertiary/aromatic N) is 3. The van der Waals surface area contributed by atoms with Crippen molar-refractivity contribution >= 4 is 39.6 Å². The van der Waals surface area contributed by atoms with Crippen LogP contribution in [-0.2, 0) is 4.79 Å². The molecule has 0 unspecified atom stereocenters. The fourth-order valence-corrected chi connectivity index (χ4v) is 2.95. The van der Waals surface area contributed by atoms with Gasteiger partial charge in [0.2, 0.25) is 5.91 Å². The van der Waals surface area contributed by atoms with E-state index >= 15 is 0 Å². The zero-order valence-electron chi connectivity index (χ0n) is 11.5. The second kappa shape index (κ2) is 5.69. The van der Waals surface area contributed by atoms with Gasteiger partial charge in [-0.25, -0.2) is 9.97 Å². The average Bonchev–Trinajstić information content (AvgIpc) is 2.79. The van der Waals surface area contributed by atoms with E-state index in [0.29, 0.717) is 13.1 Å². The molecule has 1 fully saturated rings. The standard InChI is InChI=1S/C14H14N4O2S/c1-9-2-3-11-10(6-9)13(17-8-16-11)15-4-5-18-12(19)7-21-14(18)20/h2-3,6,8H,4-5,7H2,1H3,(H,15,16,17). The first-order valence-corrected chi connectivity index (χ1v) is 7.56. The molecule has 1 aliphatic heterocycles. The van der Waals surface area contributed by atoms with Crippen LogP contribution < -0.4 is 5.32 Å². The van der Waals surface area contributed by atoms with E-state index in [1.807, 2.05) is 25.1 Å². The number of benzene rings is 1. The number of hydrogen-bond acceptors (Lipinski definition) is 6. The highest BCUT2D eigenvalue weighted by molar-refractivity contribution is 8.14. The molecule has 2 aromatic rings. The number of fused-ring (bicyclic) bond motifs is 1. The van der Waals surface area contributed by atoms with E-state index in [-0.39, 0.29) is 16.9 Å². The Kier molecular flexibility index (Phi) is 3.74. The summed E-state index contributed by atoms with van der Waals surface area (Å²) in [6.45, 7) is 2.83. The van der Waals surface area contributed by atoms with Crippen molar-refractivity contribution in [3.63, 3.8) is 0 Å². The largest absolute Gasteiger partial charge is 0.368 e. The Labute approximate surface area is 125 Å². The molecule has 7 heteroatoms. The summed E-state index contributed by atoms with van der Waals surface area (Å²) in [7, 11) is 0. The topological polar surface area (TPSA) is 75.2 Å². The van der Waals surface area contributed by atoms with Crippen molar-refractivity contribution in [1.82, 2.24) is 14.9 Å². The summed E-state index contributed by atoms with van der Waals surface area (Å²) < 4.78 is 0. The van der Waals surface area contributed by atoms with Gasteiger partial charge in [0.05, 0.1) is 11.3 Å². The maximum absolute atomic E-state index is 11.5. The smallest absolute Gasteiger partial charge is 0.288 e. The molecule has 1 saturated heterocycles. The maximum atomic E-state index is 11.5. The van der Waals surface area contributed by atoms with Crippen LogP contribution in [0.5, 0.6) is 0 Å². The third-order valence-electron chi connectivity index (χ3n) is 3.26. The molecule has 2 amide bonds. The zero-order valence-corrected chi connectivity index (χ0v) is 12.3. The molecule has 0 aliphatic carbocycles. The Morgan fingerprint density at radius 2 is 2.19 bits per heavy atom. The summed E-state index contributed by atoms with van der Waals surface area (Å²) in [5, 5.41) is 3.94. The van der Waals surface area contributed by atoms with Crippen molar-refractivity contribution < 1.29 is 9.59 Å². The molecule has 1 aromatic heterocycles. The van der Waals surface area contributed by atoms with Gasteiger partial charge in [-0.1, -0.05) is 23.4 Å². The van der Waals surface area contributed by atoms with E-state index in [0.717, 1.165) is 34.0 Å². The van der Waals surface area contributed by atoms with E-state index in [9.17, 15) is 9.59 Å². The summed E-state index contributed by atoms with van der Waals surface area (Å²) in [5.74, 6) is 0.833. The average molecular weight is 302 g/mol. The van der Waals surface area contributed by atoms with E-state index < -0.39 is 0 Å². The lowest BCUT2D eigenvalue weighted by Gasteiger charge is -2.14. The first-order valence-electron chi connectivity index (χ1n) is 6.57. The summed E-state index contributed by atoms with van der Waals surface area (Å²) in [4.78, 5) is 32.7. The van der Waals surface area contributed by atoms with Gasteiger partial charge in [0.15, 0.2) is 0 Å². The molecule has 0 radical (unpaired) electrons. The van der Waals surface area contributed by atoms with Gasteiger partial charge in [-0.2, -0.15) is 0 Å². The number of thioether (sulfide) groups is 1. The van der Waals surface area contributed by atoms with E-state index in [1.165, 1.54) is 11.2 Å². The normalized spacial score (nSPS) is 15.0. The molecule has 1 aliphatic rings. The molecular weight excluding hydrogens is 288 g/mol. The second-order valence-corrected chi connectivity index (χ2v) is 5.70. The number of amides is 2. The van der Waals surface area contributed by atoms with Crippen LogP contribution in [0.2, 0.25) is 0 Å². The molecule has 6 nitrogen and oxygen atoms in total. The number of carbonyl (C=O) groups is 2. The Morgan fingerprint density at radius 1 is 1.33 bits per heavy atom. The van der Waals surface area contributed by atoms with Crippen molar-refractivity contribution in [1.29, 1.82) is 0 Å². The number of rotatable bonds is 4. The molecule has 1 aromatic carbocycles. The molecule has 1 N–H and O–H groups in total. The maximum Gasteiger partial charge on any atom is 0.288 e. The Hall–Kier alpha value is -2.15. The number of carbonyl (C=O) groups excluding carboxylic acids is 2. The van der Waals surface area contributed by atoms with E-state index in [2.05, 4.69) is 15.3 Å². The summed E-state index contributed by atoms with van der Waals surface area (Å²) in [6, 6.07) is 5.96. The Morgan fingerprint density at radius 3 is 2.95 bits per heavy atom. The van der Waals surface area contributed by atoms with Gasteiger partial charge in [0, 0.05) is 18.5 Å². The summed E-state index contributed by atoms with van der Waals surface area (Å²) >= 11 is 1.05. The number of imide groups is 1. The highest BCUT2D eigenvalue weighted by Gasteiger charge is 2.29. The van der Waals surface area contributed by atoms with Crippen LogP contribution >= 0.6 is 11.8 Å². The number of hydrogen-bond donors (Lipinski definition) is 1. The Balaban J connectivity index is 1.72. The fraction of sp³-hybridized carbons (Fsp3) is 0.286. The van der Waals surface area contributed by atoms with Crippen LogP contribution in [0, 0.1) is 6.92 Å². The molecule has 0 bridgehead atoms. The lowest BCUT2D eigenvalue weighted by molar-refractivity contribution is -0.124. The van der Waals surface area contributed by atoms with Crippen LogP contribution in [0.4, 0.5) is 10.6 Å². The van der Waals surface area contributed by atoms with Crippen molar-refractivity contribution in [2.45, 2.75) is 6.92 Å². The number of nitrogens with one attached hydrogen (secondary N) is 1. The monoisotopic (exact) mass is 302 g/mol. The number of aromatic nitrogens is 2. The van der Waals surface area contributed by atoms with Crippen LogP contribution in [0.25, 0.3) is 10.9 Å². The minimum atomic E-state index is -0.176. The fourth-order valence-electron chi connectivity index (χ4n) is 2.19. The minimum absolute atomic E-state index is 0.129. The molecule has 0 atom stereocenters. The predicted octanol–water partition coefficient (Wildman–Crippen LogP) is 2.05. The van der Waals surface area contributed by atoms with Gasteiger partial charge in [-0.3, -0.25) is 14.5 Å². The van der Waals surface area contributed by atoms with Gasteiger partial charge >= 0.3 is 0 Å². The van der Waals surface area contributed by atoms with Gasteiger partial charge in [-0.05, 0) is 19.1 Å². The zero-order chi connectivity index (χ0) is 14.8. The third-order valence-corrected chi connectivity index (χ3v) is 4.12. The van der Waals surface area contributed by atoms with Crippen molar-refractivity contribution in [3.8, 4) is 0 Å². The molecule has 0 saturated carbocycles. The van der Waals surface area contributed by atoms with E-state index in [1.54, 1.807) is 0 Å². The molecule has 108 valence electrons. The molecule has 3 rings (SSSR count). The van der Waals surface area contributed by atoms with E-state index in [4.69, 9.17) is 0 Å².